The van der Waals surface area contributed by atoms with Crippen molar-refractivity contribution in [1.82, 2.24) is 19.5 Å². The van der Waals surface area contributed by atoms with Crippen molar-refractivity contribution >= 4 is 40.1 Å². The first-order valence-electron chi connectivity index (χ1n) is 12.5. The van der Waals surface area contributed by atoms with Gasteiger partial charge in [0.25, 0.3) is 5.56 Å². The summed E-state index contributed by atoms with van der Waals surface area (Å²) in [6.07, 6.45) is 4.62. The Kier molecular flexibility index (Phi) is 5.88. The molecule has 6 rings (SSSR count). The minimum Gasteiger partial charge on any atom is -0.382 e. The summed E-state index contributed by atoms with van der Waals surface area (Å²) < 4.78 is 15.8. The van der Waals surface area contributed by atoms with E-state index in [9.17, 15) is 14.4 Å². The van der Waals surface area contributed by atoms with Gasteiger partial charge in [0.1, 0.15) is 29.1 Å². The number of nitrogens with two attached hydrogens (primary N) is 2. The zero-order chi connectivity index (χ0) is 26.6. The summed E-state index contributed by atoms with van der Waals surface area (Å²) >= 11 is 6.44. The second-order valence-electron chi connectivity index (χ2n) is 9.77. The Bertz CT molecular complexity index is 1680. The van der Waals surface area contributed by atoms with Crippen LogP contribution >= 0.6 is 11.6 Å². The fourth-order valence-corrected chi connectivity index (χ4v) is 6.32. The van der Waals surface area contributed by atoms with Gasteiger partial charge in [0.15, 0.2) is 5.82 Å². The van der Waals surface area contributed by atoms with Crippen molar-refractivity contribution in [1.29, 1.82) is 5.26 Å². The van der Waals surface area contributed by atoms with Gasteiger partial charge in [-0.1, -0.05) is 36.6 Å². The molecular weight excluding hydrogens is 507 g/mol. The molecule has 2 aromatic carbocycles. The summed E-state index contributed by atoms with van der Waals surface area (Å²) in [6.45, 7) is 0. The predicted molar refractivity (Wildman–Crippen MR) is 143 cm³/mol. The number of rotatable bonds is 3. The summed E-state index contributed by atoms with van der Waals surface area (Å²) in [4.78, 5) is 29.4. The van der Waals surface area contributed by atoms with Crippen molar-refractivity contribution < 1.29 is 4.39 Å². The van der Waals surface area contributed by atoms with E-state index in [1.165, 1.54) is 16.7 Å². The van der Waals surface area contributed by atoms with Crippen LogP contribution in [0.3, 0.4) is 0 Å². The lowest BCUT2D eigenvalue weighted by atomic mass is 9.84. The van der Waals surface area contributed by atoms with E-state index in [0.29, 0.717) is 29.3 Å². The molecule has 2 aromatic heterocycles. The third kappa shape index (κ3) is 3.82. The van der Waals surface area contributed by atoms with Gasteiger partial charge in [-0.05, 0) is 55.5 Å². The van der Waals surface area contributed by atoms with Crippen molar-refractivity contribution in [3.05, 3.63) is 75.0 Å². The number of fused-ring (bicyclic) bond motifs is 2. The summed E-state index contributed by atoms with van der Waals surface area (Å²) in [6, 6.07) is 12.6. The Balaban J connectivity index is 1.66. The van der Waals surface area contributed by atoms with Gasteiger partial charge < -0.3 is 16.4 Å². The largest absolute Gasteiger partial charge is 0.382 e. The summed E-state index contributed by atoms with van der Waals surface area (Å²) in [5, 5.41) is 10.5. The van der Waals surface area contributed by atoms with Crippen molar-refractivity contribution in [3.8, 4) is 11.8 Å². The highest BCUT2D eigenvalue weighted by Crippen LogP contribution is 2.49. The molecule has 0 spiro atoms. The zero-order valence-corrected chi connectivity index (χ0v) is 21.1. The van der Waals surface area contributed by atoms with Crippen LogP contribution in [0.15, 0.2) is 47.3 Å². The molecule has 3 atom stereocenters. The molecule has 38 heavy (non-hydrogen) atoms. The Labute approximate surface area is 222 Å². The smallest absolute Gasteiger partial charge is 0.267 e. The van der Waals surface area contributed by atoms with E-state index in [-0.39, 0.29) is 39.7 Å². The van der Waals surface area contributed by atoms with Gasteiger partial charge in [0.05, 0.1) is 27.7 Å². The summed E-state index contributed by atoms with van der Waals surface area (Å²) in [5.41, 5.74) is 12.6. The van der Waals surface area contributed by atoms with Crippen molar-refractivity contribution in [2.24, 2.45) is 5.92 Å². The molecule has 11 heteroatoms. The molecule has 0 unspecified atom stereocenters. The lowest BCUT2D eigenvalue weighted by molar-refractivity contribution is 0.341. The van der Waals surface area contributed by atoms with Gasteiger partial charge >= 0.3 is 0 Å². The van der Waals surface area contributed by atoms with Crippen molar-refractivity contribution in [2.45, 2.75) is 44.2 Å². The predicted octanol–water partition coefficient (Wildman–Crippen LogP) is 4.51. The molecule has 0 bridgehead atoms. The molecule has 192 valence electrons. The maximum Gasteiger partial charge on any atom is 0.267 e. The number of aromatic nitrogens is 4. The third-order valence-corrected chi connectivity index (χ3v) is 7.93. The molecule has 1 aliphatic carbocycles. The maximum absolute atomic E-state index is 14.4. The second kappa shape index (κ2) is 9.26. The van der Waals surface area contributed by atoms with Gasteiger partial charge in [-0.3, -0.25) is 9.36 Å². The molecule has 4 N–H and O–H groups in total. The van der Waals surface area contributed by atoms with Crippen molar-refractivity contribution in [3.63, 3.8) is 0 Å². The van der Waals surface area contributed by atoms with Crippen LogP contribution in [-0.4, -0.2) is 25.6 Å². The first-order valence-corrected chi connectivity index (χ1v) is 12.8. The molecule has 9 nitrogen and oxygen atoms in total. The summed E-state index contributed by atoms with van der Waals surface area (Å²) in [5.74, 6) is 0.460. The fourth-order valence-electron chi connectivity index (χ4n) is 6.07. The fraction of sp³-hybridized carbons (Fsp3) is 0.296. The first kappa shape index (κ1) is 24.1. The van der Waals surface area contributed by atoms with Crippen LogP contribution in [-0.2, 0) is 0 Å². The van der Waals surface area contributed by atoms with Crippen LogP contribution in [0.4, 0.5) is 22.0 Å². The number of nitrogen functional groups attached to an aromatic ring is 2. The second-order valence-corrected chi connectivity index (χ2v) is 10.2. The minimum absolute atomic E-state index is 0.00576. The number of hydrogen-bond acceptors (Lipinski definition) is 8. The standard InChI is InChI=1S/C27H24ClFN8O/c28-18-8-4-9-19-22(18)26(38)36(16-7-3-6-15(29)12-16)25(33-19)21-11-14-5-1-2-10-20(14)37(21)24-17(13-30)23(31)34-27(32)35-24/h3-4,6-9,12,14,20-21H,1-2,5,10-11H2,(H4,31,32,34,35)/t14-,20-,21-/m0/s1. The van der Waals surface area contributed by atoms with Gasteiger partial charge in [0.2, 0.25) is 5.95 Å². The van der Waals surface area contributed by atoms with E-state index in [1.54, 1.807) is 30.3 Å². The molecule has 4 aromatic rings. The number of benzene rings is 2. The van der Waals surface area contributed by atoms with Crippen molar-refractivity contribution in [2.75, 3.05) is 16.4 Å². The van der Waals surface area contributed by atoms with Crippen LogP contribution in [0.25, 0.3) is 16.6 Å². The van der Waals surface area contributed by atoms with Gasteiger partial charge in [0, 0.05) is 6.04 Å². The number of halogens is 2. The van der Waals surface area contributed by atoms with Gasteiger partial charge in [-0.15, -0.1) is 0 Å². The zero-order valence-electron chi connectivity index (χ0n) is 20.3. The molecular formula is C27H24ClFN8O. The number of nitriles is 1. The molecule has 0 amide bonds. The quantitative estimate of drug-likeness (QED) is 0.394. The summed E-state index contributed by atoms with van der Waals surface area (Å²) in [7, 11) is 0. The van der Waals surface area contributed by atoms with E-state index < -0.39 is 17.4 Å². The average molecular weight is 531 g/mol. The molecule has 2 aliphatic rings. The molecule has 0 radical (unpaired) electrons. The Morgan fingerprint density at radius 1 is 1.08 bits per heavy atom. The van der Waals surface area contributed by atoms with E-state index in [4.69, 9.17) is 28.1 Å². The lowest BCUT2D eigenvalue weighted by Crippen LogP contribution is -2.39. The maximum atomic E-state index is 14.4. The minimum atomic E-state index is -0.486. The van der Waals surface area contributed by atoms with Crippen LogP contribution < -0.4 is 21.9 Å². The van der Waals surface area contributed by atoms with Gasteiger partial charge in [-0.25, -0.2) is 9.37 Å². The van der Waals surface area contributed by atoms with E-state index >= 15 is 0 Å². The Morgan fingerprint density at radius 2 is 1.87 bits per heavy atom. The van der Waals surface area contributed by atoms with E-state index in [2.05, 4.69) is 16.0 Å². The third-order valence-electron chi connectivity index (χ3n) is 7.62. The van der Waals surface area contributed by atoms with Crippen LogP contribution in [0.5, 0.6) is 0 Å². The van der Waals surface area contributed by atoms with E-state index in [0.717, 1.165) is 25.7 Å². The number of nitrogens with zero attached hydrogens (tertiary/aromatic N) is 6. The van der Waals surface area contributed by atoms with Crippen LogP contribution in [0, 0.1) is 23.1 Å². The molecule has 2 fully saturated rings. The molecule has 1 saturated carbocycles. The van der Waals surface area contributed by atoms with Crippen LogP contribution in [0.2, 0.25) is 5.02 Å². The Morgan fingerprint density at radius 3 is 2.66 bits per heavy atom. The highest BCUT2D eigenvalue weighted by molar-refractivity contribution is 6.35. The average Bonchev–Trinajstić information content (AvgIpc) is 3.27. The highest BCUT2D eigenvalue weighted by Gasteiger charge is 2.46. The monoisotopic (exact) mass is 530 g/mol. The number of anilines is 3. The highest BCUT2D eigenvalue weighted by atomic mass is 35.5. The molecule has 3 heterocycles. The SMILES string of the molecule is N#Cc1c(N)nc(N)nc1N1[C@H](c2nc3cccc(Cl)c3c(=O)n2-c2cccc(F)c2)C[C@@H]2CCCC[C@@H]21. The lowest BCUT2D eigenvalue weighted by Gasteiger charge is -2.35. The first-order chi connectivity index (χ1) is 18.4. The topological polar surface area (TPSA) is 140 Å². The van der Waals surface area contributed by atoms with E-state index in [1.807, 2.05) is 4.90 Å². The normalized spacial score (nSPS) is 20.9. The van der Waals surface area contributed by atoms with Gasteiger partial charge in [-0.2, -0.15) is 15.2 Å². The Hall–Kier alpha value is -4.23. The van der Waals surface area contributed by atoms with Crippen LogP contribution in [0.1, 0.15) is 49.5 Å². The molecule has 1 saturated heterocycles. The number of hydrogen-bond donors (Lipinski definition) is 2. The molecule has 1 aliphatic heterocycles.